The number of amides is 2. The Kier molecular flexibility index (Phi) is 5.86. The molecule has 0 saturated carbocycles. The highest BCUT2D eigenvalue weighted by Crippen LogP contribution is 2.35. The van der Waals surface area contributed by atoms with Crippen LogP contribution >= 0.6 is 35.0 Å². The van der Waals surface area contributed by atoms with Crippen LogP contribution in [0.3, 0.4) is 0 Å². The minimum absolute atomic E-state index is 0.0605. The Hall–Kier alpha value is -2.02. The van der Waals surface area contributed by atoms with E-state index in [1.807, 2.05) is 18.2 Å². The van der Waals surface area contributed by atoms with Gasteiger partial charge in [0.05, 0.1) is 15.7 Å². The van der Waals surface area contributed by atoms with Gasteiger partial charge in [-0.05, 0) is 24.3 Å². The van der Waals surface area contributed by atoms with Crippen molar-refractivity contribution in [2.75, 3.05) is 12.4 Å². The van der Waals surface area contributed by atoms with Crippen LogP contribution in [0.15, 0.2) is 53.5 Å². The van der Waals surface area contributed by atoms with Gasteiger partial charge in [-0.2, -0.15) is 0 Å². The van der Waals surface area contributed by atoms with Gasteiger partial charge in [0.15, 0.2) is 5.17 Å². The van der Waals surface area contributed by atoms with E-state index in [-0.39, 0.29) is 18.2 Å². The quantitative estimate of drug-likeness (QED) is 0.806. The fraction of sp³-hybridized carbons (Fsp3) is 0.167. The van der Waals surface area contributed by atoms with Crippen LogP contribution in [0.5, 0.6) is 0 Å². The van der Waals surface area contributed by atoms with Crippen molar-refractivity contribution >= 4 is 63.3 Å². The molecule has 134 valence electrons. The summed E-state index contributed by atoms with van der Waals surface area (Å²) in [6.07, 6.45) is 0.0605. The van der Waals surface area contributed by atoms with Crippen molar-refractivity contribution in [3.05, 3.63) is 58.6 Å². The van der Waals surface area contributed by atoms with Crippen molar-refractivity contribution in [2.24, 2.45) is 4.99 Å². The summed E-state index contributed by atoms with van der Waals surface area (Å²) in [6, 6.07) is 14.2. The van der Waals surface area contributed by atoms with Crippen molar-refractivity contribution in [1.29, 1.82) is 0 Å². The predicted octanol–water partition coefficient (Wildman–Crippen LogP) is 4.58. The highest BCUT2D eigenvalue weighted by atomic mass is 35.5. The maximum atomic E-state index is 12.4. The second kappa shape index (κ2) is 8.12. The number of amidine groups is 1. The minimum atomic E-state index is -0.527. The van der Waals surface area contributed by atoms with Gasteiger partial charge in [0, 0.05) is 19.2 Å². The number of nitrogens with zero attached hydrogens (tertiary/aromatic N) is 2. The Morgan fingerprint density at radius 1 is 1.19 bits per heavy atom. The number of carbonyl (C=O) groups is 2. The van der Waals surface area contributed by atoms with Crippen molar-refractivity contribution in [3.8, 4) is 0 Å². The Bertz CT molecular complexity index is 874. The maximum absolute atomic E-state index is 12.4. The SMILES string of the molecule is CN1C(=O)[C@H](CC(=O)Nc2ccccc2)SC1=Nc1cccc(Cl)c1Cl. The Balaban J connectivity index is 1.71. The fourth-order valence-corrected chi connectivity index (χ4v) is 3.87. The lowest BCUT2D eigenvalue weighted by Gasteiger charge is -2.09. The predicted molar refractivity (Wildman–Crippen MR) is 107 cm³/mol. The normalized spacial score (nSPS) is 18.4. The highest BCUT2D eigenvalue weighted by molar-refractivity contribution is 8.15. The van der Waals surface area contributed by atoms with Gasteiger partial charge in [-0.3, -0.25) is 14.5 Å². The summed E-state index contributed by atoms with van der Waals surface area (Å²) in [4.78, 5) is 30.5. The van der Waals surface area contributed by atoms with Crippen LogP contribution in [-0.2, 0) is 9.59 Å². The number of para-hydroxylation sites is 1. The lowest BCUT2D eigenvalue weighted by molar-refractivity contribution is -0.127. The van der Waals surface area contributed by atoms with E-state index in [1.165, 1.54) is 16.7 Å². The first-order valence-electron chi connectivity index (χ1n) is 7.77. The van der Waals surface area contributed by atoms with Gasteiger partial charge in [-0.25, -0.2) is 4.99 Å². The van der Waals surface area contributed by atoms with E-state index >= 15 is 0 Å². The van der Waals surface area contributed by atoms with Gasteiger partial charge < -0.3 is 5.32 Å². The van der Waals surface area contributed by atoms with Gasteiger partial charge in [0.25, 0.3) is 0 Å². The largest absolute Gasteiger partial charge is 0.326 e. The average molecular weight is 408 g/mol. The number of benzene rings is 2. The van der Waals surface area contributed by atoms with E-state index in [9.17, 15) is 9.59 Å². The second-order valence-corrected chi connectivity index (χ2v) is 7.54. The molecule has 1 aliphatic rings. The number of carbonyl (C=O) groups excluding carboxylic acids is 2. The lowest BCUT2D eigenvalue weighted by atomic mass is 10.2. The van der Waals surface area contributed by atoms with Gasteiger partial charge in [-0.1, -0.05) is 59.2 Å². The summed E-state index contributed by atoms with van der Waals surface area (Å²) in [5.41, 5.74) is 1.18. The van der Waals surface area contributed by atoms with Gasteiger partial charge in [-0.15, -0.1) is 0 Å². The number of halogens is 2. The number of hydrogen-bond donors (Lipinski definition) is 1. The van der Waals surface area contributed by atoms with Crippen LogP contribution in [0.4, 0.5) is 11.4 Å². The molecule has 2 amide bonds. The molecular weight excluding hydrogens is 393 g/mol. The third-order valence-electron chi connectivity index (χ3n) is 3.72. The molecule has 1 fully saturated rings. The Labute approximate surface area is 165 Å². The van der Waals surface area contributed by atoms with E-state index in [0.29, 0.717) is 26.6 Å². The number of aliphatic imine (C=N–C) groups is 1. The molecule has 8 heteroatoms. The molecule has 0 unspecified atom stereocenters. The first-order chi connectivity index (χ1) is 12.5. The average Bonchev–Trinajstić information content (AvgIpc) is 2.88. The zero-order valence-corrected chi connectivity index (χ0v) is 16.1. The van der Waals surface area contributed by atoms with E-state index in [2.05, 4.69) is 10.3 Å². The molecule has 3 rings (SSSR count). The van der Waals surface area contributed by atoms with Crippen molar-refractivity contribution < 1.29 is 9.59 Å². The van der Waals surface area contributed by atoms with Crippen LogP contribution < -0.4 is 5.32 Å². The summed E-state index contributed by atoms with van der Waals surface area (Å²) >= 11 is 13.4. The zero-order chi connectivity index (χ0) is 18.7. The van der Waals surface area contributed by atoms with Crippen molar-refractivity contribution in [1.82, 2.24) is 4.90 Å². The number of nitrogens with one attached hydrogen (secondary N) is 1. The van der Waals surface area contributed by atoms with Gasteiger partial charge in [0.1, 0.15) is 5.25 Å². The lowest BCUT2D eigenvalue weighted by Crippen LogP contribution is -2.30. The van der Waals surface area contributed by atoms with E-state index in [1.54, 1.807) is 37.4 Å². The molecule has 1 heterocycles. The minimum Gasteiger partial charge on any atom is -0.326 e. The molecule has 0 aromatic heterocycles. The van der Waals surface area contributed by atoms with E-state index in [0.717, 1.165) is 0 Å². The summed E-state index contributed by atoms with van der Waals surface area (Å²) < 4.78 is 0. The molecule has 5 nitrogen and oxygen atoms in total. The third-order valence-corrected chi connectivity index (χ3v) is 5.75. The smallest absolute Gasteiger partial charge is 0.242 e. The first kappa shape index (κ1) is 18.8. The van der Waals surface area contributed by atoms with Crippen LogP contribution in [-0.4, -0.2) is 34.2 Å². The molecule has 2 aromatic carbocycles. The molecule has 0 bridgehead atoms. The topological polar surface area (TPSA) is 61.8 Å². The molecule has 2 aromatic rings. The standard InChI is InChI=1S/C18H15Cl2N3O2S/c1-23-17(25)14(10-15(24)21-11-6-3-2-4-7-11)26-18(23)22-13-9-5-8-12(19)16(13)20/h2-9,14H,10H2,1H3,(H,21,24)/t14-/m0/s1. The Morgan fingerprint density at radius 2 is 1.92 bits per heavy atom. The Morgan fingerprint density at radius 3 is 2.65 bits per heavy atom. The summed E-state index contributed by atoms with van der Waals surface area (Å²) in [7, 11) is 1.63. The summed E-state index contributed by atoms with van der Waals surface area (Å²) in [6.45, 7) is 0. The monoisotopic (exact) mass is 407 g/mol. The van der Waals surface area contributed by atoms with Crippen molar-refractivity contribution in [2.45, 2.75) is 11.7 Å². The highest BCUT2D eigenvalue weighted by Gasteiger charge is 2.37. The summed E-state index contributed by atoms with van der Waals surface area (Å²) in [5, 5.41) is 3.46. The molecule has 26 heavy (non-hydrogen) atoms. The van der Waals surface area contributed by atoms with Gasteiger partial charge >= 0.3 is 0 Å². The zero-order valence-electron chi connectivity index (χ0n) is 13.8. The van der Waals surface area contributed by atoms with E-state index < -0.39 is 5.25 Å². The maximum Gasteiger partial charge on any atom is 0.242 e. The van der Waals surface area contributed by atoms with Crippen molar-refractivity contribution in [3.63, 3.8) is 0 Å². The molecule has 1 aliphatic heterocycles. The molecule has 1 saturated heterocycles. The van der Waals surface area contributed by atoms with Crippen LogP contribution in [0, 0.1) is 0 Å². The second-order valence-electron chi connectivity index (χ2n) is 5.59. The van der Waals surface area contributed by atoms with Gasteiger partial charge in [0.2, 0.25) is 11.8 Å². The first-order valence-corrected chi connectivity index (χ1v) is 9.41. The number of rotatable bonds is 4. The molecule has 1 N–H and O–H groups in total. The molecule has 1 atom stereocenters. The fourth-order valence-electron chi connectivity index (χ4n) is 2.38. The number of thioether (sulfide) groups is 1. The number of hydrogen-bond acceptors (Lipinski definition) is 4. The molecular formula is C18H15Cl2N3O2S. The third kappa shape index (κ3) is 4.20. The van der Waals surface area contributed by atoms with Crippen LogP contribution in [0.2, 0.25) is 10.0 Å². The molecule has 0 radical (unpaired) electrons. The number of anilines is 1. The summed E-state index contributed by atoms with van der Waals surface area (Å²) in [5.74, 6) is -0.396. The van der Waals surface area contributed by atoms with Crippen LogP contribution in [0.25, 0.3) is 0 Å². The molecule has 0 aliphatic carbocycles. The molecule has 0 spiro atoms. The van der Waals surface area contributed by atoms with Crippen LogP contribution in [0.1, 0.15) is 6.42 Å². The van der Waals surface area contributed by atoms with E-state index in [4.69, 9.17) is 23.2 Å².